The molecule has 1 N–H and O–H groups in total. The van der Waals surface area contributed by atoms with Crippen molar-refractivity contribution in [3.63, 3.8) is 0 Å². The molecule has 0 aromatic rings. The first-order chi connectivity index (χ1) is 6.04. The maximum absolute atomic E-state index is 11.4. The number of hydrogen-bond donors (Lipinski definition) is 1. The summed E-state index contributed by atoms with van der Waals surface area (Å²) in [5, 5.41) is 2.79. The van der Waals surface area contributed by atoms with Crippen molar-refractivity contribution in [2.75, 3.05) is 12.4 Å². The minimum Gasteiger partial charge on any atom is -0.356 e. The van der Waals surface area contributed by atoms with Crippen LogP contribution >= 0.6 is 11.6 Å². The average molecular weight is 202 g/mol. The van der Waals surface area contributed by atoms with Crippen LogP contribution in [-0.2, 0) is 4.79 Å². The third-order valence-electron chi connectivity index (χ3n) is 1.73. The predicted octanol–water partition coefficient (Wildman–Crippen LogP) is 1.78. The third-order valence-corrected chi connectivity index (χ3v) is 2.40. The van der Waals surface area contributed by atoms with Gasteiger partial charge in [0.1, 0.15) is 0 Å². The Labute approximate surface area is 85.0 Å². The first-order valence-corrected chi connectivity index (χ1v) is 4.86. The van der Waals surface area contributed by atoms with E-state index in [0.29, 0.717) is 18.8 Å². The van der Waals surface area contributed by atoms with Gasteiger partial charge in [-0.1, -0.05) is 0 Å². The third kappa shape index (κ3) is 4.80. The Bertz CT molecular complexity index is 205. The normalized spacial score (nSPS) is 10.6. The molecule has 0 radical (unpaired) electrons. The van der Waals surface area contributed by atoms with Crippen molar-refractivity contribution < 1.29 is 4.79 Å². The van der Waals surface area contributed by atoms with E-state index < -0.39 is 5.41 Å². The number of unbranched alkanes of at least 4 members (excludes halogenated alkanes) is 1. The van der Waals surface area contributed by atoms with E-state index >= 15 is 0 Å². The summed E-state index contributed by atoms with van der Waals surface area (Å²) in [7, 11) is 0. The molecule has 0 heterocycles. The Morgan fingerprint density at radius 1 is 1.62 bits per heavy atom. The van der Waals surface area contributed by atoms with E-state index in [1.165, 1.54) is 0 Å². The van der Waals surface area contributed by atoms with Crippen molar-refractivity contribution in [1.82, 2.24) is 5.32 Å². The molecule has 2 nitrogen and oxygen atoms in total. The first kappa shape index (κ1) is 12.3. The molecule has 0 spiro atoms. The van der Waals surface area contributed by atoms with E-state index in [4.69, 9.17) is 18.0 Å². The second kappa shape index (κ2) is 5.88. The summed E-state index contributed by atoms with van der Waals surface area (Å²) < 4.78 is 0. The lowest BCUT2D eigenvalue weighted by molar-refractivity contribution is -0.128. The van der Waals surface area contributed by atoms with Gasteiger partial charge in [0.05, 0.1) is 5.41 Å². The molecular formula is C10H16ClNO. The maximum Gasteiger partial charge on any atom is 0.226 e. The monoisotopic (exact) mass is 201 g/mol. The molecule has 0 aliphatic heterocycles. The van der Waals surface area contributed by atoms with Gasteiger partial charge in [-0.15, -0.1) is 23.9 Å². The predicted molar refractivity (Wildman–Crippen MR) is 55.6 cm³/mol. The van der Waals surface area contributed by atoms with Gasteiger partial charge in [0, 0.05) is 18.8 Å². The summed E-state index contributed by atoms with van der Waals surface area (Å²) in [4.78, 5) is 11.4. The quantitative estimate of drug-likeness (QED) is 0.410. The second-order valence-electron chi connectivity index (χ2n) is 3.58. The molecule has 0 rings (SSSR count). The number of halogens is 1. The van der Waals surface area contributed by atoms with Crippen molar-refractivity contribution in [3.05, 3.63) is 0 Å². The molecule has 0 aromatic heterocycles. The molecule has 0 bridgehead atoms. The fourth-order valence-corrected chi connectivity index (χ4v) is 0.814. The summed E-state index contributed by atoms with van der Waals surface area (Å²) in [6.45, 7) is 4.26. The zero-order chi connectivity index (χ0) is 10.3. The summed E-state index contributed by atoms with van der Waals surface area (Å²) in [6, 6.07) is 0. The van der Waals surface area contributed by atoms with E-state index in [0.717, 1.165) is 6.42 Å². The highest BCUT2D eigenvalue weighted by Gasteiger charge is 2.25. The number of hydrogen-bond acceptors (Lipinski definition) is 1. The molecule has 0 aromatic carbocycles. The Morgan fingerprint density at radius 2 is 2.23 bits per heavy atom. The Balaban J connectivity index is 3.70. The first-order valence-electron chi connectivity index (χ1n) is 4.32. The SMILES string of the molecule is C#CCCCNC(=O)C(C)(C)CCl. The van der Waals surface area contributed by atoms with Crippen LogP contribution in [0.4, 0.5) is 0 Å². The van der Waals surface area contributed by atoms with Crippen LogP contribution in [0.1, 0.15) is 26.7 Å². The molecule has 0 atom stereocenters. The fourth-order valence-electron chi connectivity index (χ4n) is 0.692. The molecule has 0 aliphatic rings. The van der Waals surface area contributed by atoms with Gasteiger partial charge >= 0.3 is 0 Å². The Morgan fingerprint density at radius 3 is 2.69 bits per heavy atom. The maximum atomic E-state index is 11.4. The molecule has 1 amide bonds. The molecular weight excluding hydrogens is 186 g/mol. The average Bonchev–Trinajstić information content (AvgIpc) is 2.12. The highest BCUT2D eigenvalue weighted by molar-refractivity contribution is 6.19. The van der Waals surface area contributed by atoms with Crippen molar-refractivity contribution in [1.29, 1.82) is 0 Å². The number of amides is 1. The molecule has 3 heteroatoms. The summed E-state index contributed by atoms with van der Waals surface area (Å²) >= 11 is 5.63. The Kier molecular flexibility index (Phi) is 5.57. The van der Waals surface area contributed by atoms with E-state index in [1.54, 1.807) is 0 Å². The van der Waals surface area contributed by atoms with Crippen molar-refractivity contribution in [3.8, 4) is 12.3 Å². The minimum absolute atomic E-state index is 0.0143. The summed E-state index contributed by atoms with van der Waals surface area (Å²) in [5.41, 5.74) is -0.488. The van der Waals surface area contributed by atoms with Gasteiger partial charge < -0.3 is 5.32 Å². The molecule has 0 aliphatic carbocycles. The lowest BCUT2D eigenvalue weighted by Crippen LogP contribution is -2.38. The van der Waals surface area contributed by atoms with Crippen molar-refractivity contribution >= 4 is 17.5 Å². The van der Waals surface area contributed by atoms with E-state index in [-0.39, 0.29) is 5.91 Å². The van der Waals surface area contributed by atoms with E-state index in [9.17, 15) is 4.79 Å². The number of rotatable bonds is 5. The zero-order valence-electron chi connectivity index (χ0n) is 8.19. The fraction of sp³-hybridized carbons (Fsp3) is 0.700. The second-order valence-corrected chi connectivity index (χ2v) is 3.85. The van der Waals surface area contributed by atoms with Crippen LogP contribution in [0.5, 0.6) is 0 Å². The molecule has 74 valence electrons. The molecule has 0 saturated carbocycles. The summed E-state index contributed by atoms with van der Waals surface area (Å²) in [5.74, 6) is 2.83. The largest absolute Gasteiger partial charge is 0.356 e. The number of alkyl halides is 1. The van der Waals surface area contributed by atoms with Crippen LogP contribution in [0.3, 0.4) is 0 Å². The topological polar surface area (TPSA) is 29.1 Å². The lowest BCUT2D eigenvalue weighted by atomic mass is 9.95. The van der Waals surface area contributed by atoms with Crippen LogP contribution in [0.25, 0.3) is 0 Å². The standard InChI is InChI=1S/C10H16ClNO/c1-4-5-6-7-12-9(13)10(2,3)8-11/h1H,5-8H2,2-3H3,(H,12,13). The van der Waals surface area contributed by atoms with Gasteiger partial charge in [-0.25, -0.2) is 0 Å². The number of carbonyl (C=O) groups is 1. The highest BCUT2D eigenvalue weighted by atomic mass is 35.5. The van der Waals surface area contributed by atoms with Crippen LogP contribution in [0.2, 0.25) is 0 Å². The zero-order valence-corrected chi connectivity index (χ0v) is 8.95. The Hall–Kier alpha value is -0.680. The number of nitrogens with one attached hydrogen (secondary N) is 1. The lowest BCUT2D eigenvalue weighted by Gasteiger charge is -2.19. The van der Waals surface area contributed by atoms with Crippen LogP contribution < -0.4 is 5.32 Å². The van der Waals surface area contributed by atoms with E-state index in [2.05, 4.69) is 11.2 Å². The number of terminal acetylenes is 1. The van der Waals surface area contributed by atoms with Crippen LogP contribution in [0, 0.1) is 17.8 Å². The van der Waals surface area contributed by atoms with Gasteiger partial charge in [-0.2, -0.15) is 0 Å². The summed E-state index contributed by atoms with van der Waals surface area (Å²) in [6.07, 6.45) is 6.59. The number of carbonyl (C=O) groups excluding carboxylic acids is 1. The van der Waals surface area contributed by atoms with Crippen molar-refractivity contribution in [2.24, 2.45) is 5.41 Å². The molecule has 0 unspecified atom stereocenters. The van der Waals surface area contributed by atoms with Crippen LogP contribution in [0.15, 0.2) is 0 Å². The van der Waals surface area contributed by atoms with Gasteiger partial charge in [-0.05, 0) is 20.3 Å². The smallest absolute Gasteiger partial charge is 0.226 e. The van der Waals surface area contributed by atoms with Gasteiger partial charge in [-0.3, -0.25) is 4.79 Å². The van der Waals surface area contributed by atoms with Crippen LogP contribution in [-0.4, -0.2) is 18.3 Å². The van der Waals surface area contributed by atoms with Gasteiger partial charge in [0.2, 0.25) is 5.91 Å². The molecule has 0 fully saturated rings. The molecule has 13 heavy (non-hydrogen) atoms. The minimum atomic E-state index is -0.488. The van der Waals surface area contributed by atoms with Gasteiger partial charge in [0.15, 0.2) is 0 Å². The van der Waals surface area contributed by atoms with E-state index in [1.807, 2.05) is 13.8 Å². The van der Waals surface area contributed by atoms with Gasteiger partial charge in [0.25, 0.3) is 0 Å². The molecule has 0 saturated heterocycles. The highest BCUT2D eigenvalue weighted by Crippen LogP contribution is 2.16. The van der Waals surface area contributed by atoms with Crippen molar-refractivity contribution in [2.45, 2.75) is 26.7 Å².